The van der Waals surface area contributed by atoms with Gasteiger partial charge < -0.3 is 13.9 Å². The third-order valence-electron chi connectivity index (χ3n) is 4.66. The minimum Gasteiger partial charge on any atom is -0.489 e. The van der Waals surface area contributed by atoms with Crippen molar-refractivity contribution in [2.75, 3.05) is 7.11 Å². The molecule has 0 bridgehead atoms. The summed E-state index contributed by atoms with van der Waals surface area (Å²) in [5.74, 6) is -0.00584. The largest absolute Gasteiger partial charge is 0.489 e. The lowest BCUT2D eigenvalue weighted by Gasteiger charge is -2.10. The number of esters is 1. The van der Waals surface area contributed by atoms with Crippen LogP contribution in [-0.2, 0) is 22.7 Å². The van der Waals surface area contributed by atoms with E-state index in [0.29, 0.717) is 23.0 Å². The Bertz CT molecular complexity index is 1170. The quantitative estimate of drug-likeness (QED) is 0.375. The van der Waals surface area contributed by atoms with Gasteiger partial charge in [-0.1, -0.05) is 42.5 Å². The highest BCUT2D eigenvalue weighted by molar-refractivity contribution is 8.18. The van der Waals surface area contributed by atoms with E-state index in [4.69, 9.17) is 9.15 Å². The minimum atomic E-state index is -0.624. The molecule has 3 aromatic rings. The fraction of sp³-hybridized carbons (Fsp3) is 0.125. The molecule has 0 N–H and O–H groups in total. The Balaban J connectivity index is 1.39. The number of carbonyl (C=O) groups is 3. The summed E-state index contributed by atoms with van der Waals surface area (Å²) in [6.07, 6.45) is 1.66. The van der Waals surface area contributed by atoms with E-state index in [1.54, 1.807) is 6.08 Å². The fourth-order valence-electron chi connectivity index (χ4n) is 3.02. The van der Waals surface area contributed by atoms with Gasteiger partial charge in [0.2, 0.25) is 5.76 Å². The second kappa shape index (κ2) is 9.57. The lowest BCUT2D eigenvalue weighted by atomic mass is 10.2. The molecular weight excluding hydrogens is 430 g/mol. The number of furan rings is 1. The standard InChI is InChI=1S/C24H19NO6S/c1-29-23(27)20-12-11-19(31-20)14-25-22(26)21(32-24(25)28)13-16-7-9-18(10-8-16)30-15-17-5-3-2-4-6-17/h2-13H,14-15H2,1H3/b21-13+. The third kappa shape index (κ3) is 4.92. The summed E-state index contributed by atoms with van der Waals surface area (Å²) in [4.78, 5) is 37.9. The van der Waals surface area contributed by atoms with E-state index >= 15 is 0 Å². The molecule has 8 heteroatoms. The summed E-state index contributed by atoms with van der Waals surface area (Å²) >= 11 is 0.859. The highest BCUT2D eigenvalue weighted by atomic mass is 32.2. The number of thioether (sulfide) groups is 1. The van der Waals surface area contributed by atoms with E-state index < -0.39 is 17.1 Å². The van der Waals surface area contributed by atoms with Crippen molar-refractivity contribution in [2.24, 2.45) is 0 Å². The van der Waals surface area contributed by atoms with E-state index in [1.807, 2.05) is 54.6 Å². The van der Waals surface area contributed by atoms with Gasteiger partial charge in [0.25, 0.3) is 11.1 Å². The Labute approximate surface area is 188 Å². The molecule has 0 radical (unpaired) electrons. The molecule has 0 aliphatic carbocycles. The van der Waals surface area contributed by atoms with Gasteiger partial charge in [-0.2, -0.15) is 0 Å². The number of amides is 2. The predicted octanol–water partition coefficient (Wildman–Crippen LogP) is 4.88. The van der Waals surface area contributed by atoms with Crippen LogP contribution in [0.1, 0.15) is 27.4 Å². The second-order valence-electron chi connectivity index (χ2n) is 6.87. The Morgan fingerprint density at radius 2 is 1.78 bits per heavy atom. The average molecular weight is 449 g/mol. The van der Waals surface area contributed by atoms with Gasteiger partial charge in [-0.15, -0.1) is 0 Å². The normalized spacial score (nSPS) is 14.8. The number of hydrogen-bond donors (Lipinski definition) is 0. The first-order chi connectivity index (χ1) is 15.5. The number of methoxy groups -OCH3 is 1. The van der Waals surface area contributed by atoms with Gasteiger partial charge >= 0.3 is 5.97 Å². The number of benzene rings is 2. The maximum atomic E-state index is 12.7. The van der Waals surface area contributed by atoms with Crippen molar-refractivity contribution < 1.29 is 28.3 Å². The maximum absolute atomic E-state index is 12.7. The van der Waals surface area contributed by atoms with E-state index in [-0.39, 0.29) is 12.3 Å². The van der Waals surface area contributed by atoms with Gasteiger partial charge in [-0.3, -0.25) is 14.5 Å². The SMILES string of the molecule is COC(=O)c1ccc(CN2C(=O)S/C(=C/c3ccc(OCc4ccccc4)cc3)C2=O)o1. The summed E-state index contributed by atoms with van der Waals surface area (Å²) in [6, 6.07) is 20.1. The number of nitrogens with zero attached hydrogens (tertiary/aromatic N) is 1. The second-order valence-corrected chi connectivity index (χ2v) is 7.86. The van der Waals surface area contributed by atoms with Crippen molar-refractivity contribution in [3.05, 3.63) is 94.3 Å². The molecule has 0 unspecified atom stereocenters. The Kier molecular flexibility index (Phi) is 6.42. The van der Waals surface area contributed by atoms with E-state index in [0.717, 1.165) is 27.8 Å². The summed E-state index contributed by atoms with van der Waals surface area (Å²) in [7, 11) is 1.24. The summed E-state index contributed by atoms with van der Waals surface area (Å²) in [5, 5.41) is -0.403. The van der Waals surface area contributed by atoms with Crippen LogP contribution in [0.15, 0.2) is 76.1 Å². The number of ether oxygens (including phenoxy) is 2. The van der Waals surface area contributed by atoms with Gasteiger partial charge in [-0.25, -0.2) is 4.79 Å². The van der Waals surface area contributed by atoms with Crippen LogP contribution >= 0.6 is 11.8 Å². The topological polar surface area (TPSA) is 86.0 Å². The molecule has 0 spiro atoms. The van der Waals surface area contributed by atoms with Gasteiger partial charge in [0.15, 0.2) is 0 Å². The number of carbonyl (C=O) groups excluding carboxylic acids is 3. The Morgan fingerprint density at radius 3 is 2.50 bits per heavy atom. The number of rotatable bonds is 7. The van der Waals surface area contributed by atoms with E-state index in [9.17, 15) is 14.4 Å². The Morgan fingerprint density at radius 1 is 1.03 bits per heavy atom. The molecule has 0 atom stereocenters. The van der Waals surface area contributed by atoms with E-state index in [2.05, 4.69) is 4.74 Å². The fourth-order valence-corrected chi connectivity index (χ4v) is 3.86. The number of imide groups is 1. The van der Waals surface area contributed by atoms with Gasteiger partial charge in [0, 0.05) is 0 Å². The minimum absolute atomic E-state index is 0.0135. The molecule has 1 fully saturated rings. The van der Waals surface area contributed by atoms with Gasteiger partial charge in [0.1, 0.15) is 18.1 Å². The smallest absolute Gasteiger partial charge is 0.373 e. The summed E-state index contributed by atoms with van der Waals surface area (Å²) in [6.45, 7) is 0.398. The zero-order valence-electron chi connectivity index (χ0n) is 17.1. The highest BCUT2D eigenvalue weighted by Crippen LogP contribution is 2.33. The van der Waals surface area contributed by atoms with Crippen LogP contribution in [0.5, 0.6) is 5.75 Å². The molecule has 1 saturated heterocycles. The lowest BCUT2D eigenvalue weighted by Crippen LogP contribution is -2.27. The average Bonchev–Trinajstić information content (AvgIpc) is 3.39. The first kappa shape index (κ1) is 21.5. The van der Waals surface area contributed by atoms with Crippen LogP contribution in [0, 0.1) is 0 Å². The summed E-state index contributed by atoms with van der Waals surface area (Å²) in [5.41, 5.74) is 1.84. The van der Waals surface area contributed by atoms with Crippen LogP contribution in [0.25, 0.3) is 6.08 Å². The first-order valence-electron chi connectivity index (χ1n) is 9.72. The molecule has 1 aliphatic rings. The zero-order chi connectivity index (χ0) is 22.5. The van der Waals surface area contributed by atoms with Crippen molar-refractivity contribution in [1.82, 2.24) is 4.90 Å². The molecule has 1 aliphatic heterocycles. The molecule has 0 saturated carbocycles. The zero-order valence-corrected chi connectivity index (χ0v) is 18.0. The molecular formula is C24H19NO6S. The van der Waals surface area contributed by atoms with Crippen molar-refractivity contribution >= 4 is 35.0 Å². The molecule has 2 aromatic carbocycles. The molecule has 7 nitrogen and oxygen atoms in total. The molecule has 162 valence electrons. The summed E-state index contributed by atoms with van der Waals surface area (Å²) < 4.78 is 15.7. The number of hydrogen-bond acceptors (Lipinski definition) is 7. The van der Waals surface area contributed by atoms with Gasteiger partial charge in [-0.05, 0) is 53.2 Å². The third-order valence-corrected chi connectivity index (χ3v) is 5.57. The predicted molar refractivity (Wildman–Crippen MR) is 119 cm³/mol. The maximum Gasteiger partial charge on any atom is 0.373 e. The van der Waals surface area contributed by atoms with Crippen molar-refractivity contribution in [2.45, 2.75) is 13.2 Å². The molecule has 2 heterocycles. The van der Waals surface area contributed by atoms with Crippen molar-refractivity contribution in [3.8, 4) is 5.75 Å². The van der Waals surface area contributed by atoms with Crippen LogP contribution in [0.2, 0.25) is 0 Å². The van der Waals surface area contributed by atoms with E-state index in [1.165, 1.54) is 19.2 Å². The monoisotopic (exact) mass is 449 g/mol. The highest BCUT2D eigenvalue weighted by Gasteiger charge is 2.35. The van der Waals surface area contributed by atoms with Crippen LogP contribution in [-0.4, -0.2) is 29.1 Å². The van der Waals surface area contributed by atoms with Crippen molar-refractivity contribution in [1.29, 1.82) is 0 Å². The lowest BCUT2D eigenvalue weighted by molar-refractivity contribution is -0.123. The van der Waals surface area contributed by atoms with Crippen molar-refractivity contribution in [3.63, 3.8) is 0 Å². The molecule has 32 heavy (non-hydrogen) atoms. The van der Waals surface area contributed by atoms with Gasteiger partial charge in [0.05, 0.1) is 18.6 Å². The molecule has 1 aromatic heterocycles. The first-order valence-corrected chi connectivity index (χ1v) is 10.5. The Hall–Kier alpha value is -3.78. The van der Waals surface area contributed by atoms with Crippen LogP contribution < -0.4 is 4.74 Å². The molecule has 4 rings (SSSR count). The molecule has 2 amide bonds. The van der Waals surface area contributed by atoms with Crippen LogP contribution in [0.4, 0.5) is 4.79 Å². The van der Waals surface area contributed by atoms with Crippen LogP contribution in [0.3, 0.4) is 0 Å².